The highest BCUT2D eigenvalue weighted by molar-refractivity contribution is 9.11. The fourth-order valence-corrected chi connectivity index (χ4v) is 5.02. The van der Waals surface area contributed by atoms with E-state index in [1.165, 1.54) is 18.6 Å². The first kappa shape index (κ1) is 14.0. The quantitative estimate of drug-likeness (QED) is 0.699. The maximum absolute atomic E-state index is 6.00. The summed E-state index contributed by atoms with van der Waals surface area (Å²) in [7, 11) is 0. The summed E-state index contributed by atoms with van der Waals surface area (Å²) in [4.78, 5) is 0. The number of nitrogens with one attached hydrogen (secondary N) is 1. The molecular formula is C12H14Br2ClNS. The molecule has 0 bridgehead atoms. The van der Waals surface area contributed by atoms with Crippen molar-refractivity contribution in [2.75, 3.05) is 11.1 Å². The van der Waals surface area contributed by atoms with Crippen LogP contribution in [0, 0.1) is 0 Å². The molecule has 5 heteroatoms. The zero-order valence-corrected chi connectivity index (χ0v) is 14.2. The molecule has 2 atom stereocenters. The van der Waals surface area contributed by atoms with Crippen molar-refractivity contribution in [2.45, 2.75) is 31.1 Å². The molecule has 2 rings (SSSR count). The maximum atomic E-state index is 6.00. The first-order valence-corrected chi connectivity index (χ1v) is 8.62. The third-order valence-electron chi connectivity index (χ3n) is 2.94. The van der Waals surface area contributed by atoms with Crippen molar-refractivity contribution >= 4 is 60.9 Å². The molecule has 0 saturated carbocycles. The second-order valence-corrected chi connectivity index (χ2v) is 7.84. The van der Waals surface area contributed by atoms with Crippen molar-refractivity contribution < 1.29 is 0 Å². The summed E-state index contributed by atoms with van der Waals surface area (Å²) >= 11 is 15.2. The van der Waals surface area contributed by atoms with Gasteiger partial charge in [0.2, 0.25) is 0 Å². The molecule has 1 nitrogen and oxygen atoms in total. The molecule has 0 radical (unpaired) electrons. The van der Waals surface area contributed by atoms with Gasteiger partial charge in [0, 0.05) is 25.3 Å². The fraction of sp³-hybridized carbons (Fsp3) is 0.500. The zero-order chi connectivity index (χ0) is 12.4. The van der Waals surface area contributed by atoms with Gasteiger partial charge >= 0.3 is 0 Å². The van der Waals surface area contributed by atoms with Gasteiger partial charge in [-0.3, -0.25) is 0 Å². The third-order valence-corrected chi connectivity index (χ3v) is 5.79. The standard InChI is InChI=1S/C12H14Br2ClNS/c1-7-11(3-2-4-17-7)16-12-9(13)5-8(15)6-10(12)14/h5-7,11,16H,2-4H2,1H3. The van der Waals surface area contributed by atoms with Crippen LogP contribution in [0.4, 0.5) is 5.69 Å². The molecule has 2 unspecified atom stereocenters. The summed E-state index contributed by atoms with van der Waals surface area (Å²) in [5.74, 6) is 1.28. The number of rotatable bonds is 2. The average Bonchev–Trinajstić information content (AvgIpc) is 2.25. The van der Waals surface area contributed by atoms with Crippen molar-refractivity contribution in [3.05, 3.63) is 26.1 Å². The van der Waals surface area contributed by atoms with Crippen molar-refractivity contribution in [3.63, 3.8) is 0 Å². The van der Waals surface area contributed by atoms with Gasteiger partial charge in [0.15, 0.2) is 0 Å². The predicted octanol–water partition coefficient (Wildman–Crippen LogP) is 5.56. The average molecular weight is 400 g/mol. The lowest BCUT2D eigenvalue weighted by molar-refractivity contribution is 0.617. The van der Waals surface area contributed by atoms with Crippen LogP contribution in [0.15, 0.2) is 21.1 Å². The lowest BCUT2D eigenvalue weighted by Crippen LogP contribution is -2.33. The summed E-state index contributed by atoms with van der Waals surface area (Å²) in [5.41, 5.74) is 1.11. The first-order chi connectivity index (χ1) is 8.08. The molecule has 1 N–H and O–H groups in total. The van der Waals surface area contributed by atoms with E-state index < -0.39 is 0 Å². The minimum atomic E-state index is 0.530. The minimum absolute atomic E-state index is 0.530. The van der Waals surface area contributed by atoms with Crippen LogP contribution >= 0.6 is 55.2 Å². The molecule has 1 fully saturated rings. The highest BCUT2D eigenvalue weighted by Crippen LogP contribution is 2.37. The SMILES string of the molecule is CC1SCCCC1Nc1c(Br)cc(Cl)cc1Br. The van der Waals surface area contributed by atoms with Crippen molar-refractivity contribution in [2.24, 2.45) is 0 Å². The van der Waals surface area contributed by atoms with Crippen molar-refractivity contribution in [1.29, 1.82) is 0 Å². The molecule has 0 amide bonds. The van der Waals surface area contributed by atoms with Gasteiger partial charge in [-0.2, -0.15) is 11.8 Å². The van der Waals surface area contributed by atoms with Crippen LogP contribution in [0.3, 0.4) is 0 Å². The van der Waals surface area contributed by atoms with Crippen molar-refractivity contribution in [1.82, 2.24) is 0 Å². The second kappa shape index (κ2) is 6.18. The monoisotopic (exact) mass is 397 g/mol. The lowest BCUT2D eigenvalue weighted by Gasteiger charge is -2.30. The Hall–Kier alpha value is 0.620. The van der Waals surface area contributed by atoms with Crippen LogP contribution in [-0.2, 0) is 0 Å². The van der Waals surface area contributed by atoms with E-state index in [1.54, 1.807) is 0 Å². The molecule has 0 aromatic heterocycles. The first-order valence-electron chi connectivity index (χ1n) is 5.60. The molecular weight excluding hydrogens is 385 g/mol. The Morgan fingerprint density at radius 3 is 2.59 bits per heavy atom. The predicted molar refractivity (Wildman–Crippen MR) is 85.4 cm³/mol. The van der Waals surface area contributed by atoms with Crippen LogP contribution in [0.25, 0.3) is 0 Å². The van der Waals surface area contributed by atoms with E-state index >= 15 is 0 Å². The van der Waals surface area contributed by atoms with E-state index in [4.69, 9.17) is 11.6 Å². The molecule has 94 valence electrons. The van der Waals surface area contributed by atoms with Crippen LogP contribution in [-0.4, -0.2) is 17.0 Å². The van der Waals surface area contributed by atoms with E-state index in [1.807, 2.05) is 23.9 Å². The molecule has 0 spiro atoms. The Bertz CT molecular complexity index is 390. The molecule has 1 saturated heterocycles. The van der Waals surface area contributed by atoms with E-state index in [0.717, 1.165) is 19.7 Å². The summed E-state index contributed by atoms with van der Waals surface area (Å²) in [6.45, 7) is 2.29. The Kier molecular flexibility index (Phi) is 5.10. The van der Waals surface area contributed by atoms with Gasteiger partial charge in [-0.25, -0.2) is 0 Å². The summed E-state index contributed by atoms with van der Waals surface area (Å²) in [6, 6.07) is 4.38. The molecule has 1 aromatic rings. The largest absolute Gasteiger partial charge is 0.379 e. The fourth-order valence-electron chi connectivity index (χ4n) is 1.98. The Balaban J connectivity index is 2.17. The highest BCUT2D eigenvalue weighted by Gasteiger charge is 2.23. The van der Waals surface area contributed by atoms with E-state index in [9.17, 15) is 0 Å². The number of halogens is 3. The topological polar surface area (TPSA) is 12.0 Å². The Labute approximate surface area is 128 Å². The van der Waals surface area contributed by atoms with Gasteiger partial charge in [0.25, 0.3) is 0 Å². The smallest absolute Gasteiger partial charge is 0.0632 e. The van der Waals surface area contributed by atoms with Crippen LogP contribution in [0.5, 0.6) is 0 Å². The van der Waals surface area contributed by atoms with E-state index in [-0.39, 0.29) is 0 Å². The van der Waals surface area contributed by atoms with Gasteiger partial charge in [-0.1, -0.05) is 18.5 Å². The number of hydrogen-bond donors (Lipinski definition) is 1. The Morgan fingerprint density at radius 1 is 1.35 bits per heavy atom. The molecule has 0 aliphatic carbocycles. The second-order valence-electron chi connectivity index (χ2n) is 4.21. The van der Waals surface area contributed by atoms with Crippen molar-refractivity contribution in [3.8, 4) is 0 Å². The highest BCUT2D eigenvalue weighted by atomic mass is 79.9. The van der Waals surface area contributed by atoms with Gasteiger partial charge in [0.05, 0.1) is 5.69 Å². The molecule has 1 aliphatic heterocycles. The molecule has 1 aromatic carbocycles. The third kappa shape index (κ3) is 3.55. The van der Waals surface area contributed by atoms with Gasteiger partial charge in [-0.05, 0) is 62.6 Å². The maximum Gasteiger partial charge on any atom is 0.0632 e. The van der Waals surface area contributed by atoms with Gasteiger partial charge < -0.3 is 5.32 Å². The normalized spacial score (nSPS) is 24.7. The van der Waals surface area contributed by atoms with Crippen LogP contribution in [0.2, 0.25) is 5.02 Å². The summed E-state index contributed by atoms with van der Waals surface area (Å²) in [6.07, 6.45) is 2.52. The summed E-state index contributed by atoms with van der Waals surface area (Å²) < 4.78 is 2.03. The van der Waals surface area contributed by atoms with Gasteiger partial charge in [0.1, 0.15) is 0 Å². The number of thioether (sulfide) groups is 1. The Morgan fingerprint density at radius 2 is 2.00 bits per heavy atom. The van der Waals surface area contributed by atoms with E-state index in [2.05, 4.69) is 44.1 Å². The number of benzene rings is 1. The van der Waals surface area contributed by atoms with Gasteiger partial charge in [-0.15, -0.1) is 0 Å². The van der Waals surface area contributed by atoms with Crippen LogP contribution in [0.1, 0.15) is 19.8 Å². The summed E-state index contributed by atoms with van der Waals surface area (Å²) in [5, 5.41) is 5.01. The molecule has 1 heterocycles. The van der Waals surface area contributed by atoms with Crippen LogP contribution < -0.4 is 5.32 Å². The minimum Gasteiger partial charge on any atom is -0.379 e. The zero-order valence-electron chi connectivity index (χ0n) is 9.47. The molecule has 17 heavy (non-hydrogen) atoms. The number of anilines is 1. The van der Waals surface area contributed by atoms with E-state index in [0.29, 0.717) is 11.3 Å². The lowest BCUT2D eigenvalue weighted by atomic mass is 10.1. The molecule has 1 aliphatic rings. The number of hydrogen-bond acceptors (Lipinski definition) is 2.